The minimum Gasteiger partial charge on any atom is -0.478 e. The Morgan fingerprint density at radius 1 is 1.32 bits per heavy atom. The highest BCUT2D eigenvalue weighted by Crippen LogP contribution is 2.23. The molecule has 94 valence electrons. The van der Waals surface area contributed by atoms with Crippen LogP contribution in [0.25, 0.3) is 0 Å². The number of hydrogen-bond donors (Lipinski definition) is 2. The van der Waals surface area contributed by atoms with Gasteiger partial charge >= 0.3 is 5.97 Å². The summed E-state index contributed by atoms with van der Waals surface area (Å²) in [6.07, 6.45) is 1.49. The molecule has 0 amide bonds. The van der Waals surface area contributed by atoms with Crippen molar-refractivity contribution in [1.29, 1.82) is 5.26 Å². The van der Waals surface area contributed by atoms with Gasteiger partial charge in [-0.25, -0.2) is 9.78 Å². The summed E-state index contributed by atoms with van der Waals surface area (Å²) in [6, 6.07) is 9.75. The predicted molar refractivity (Wildman–Crippen MR) is 70.6 cm³/mol. The van der Waals surface area contributed by atoms with E-state index >= 15 is 0 Å². The molecule has 0 aliphatic rings. The second kappa shape index (κ2) is 5.38. The third-order valence-corrected chi connectivity index (χ3v) is 2.69. The first kappa shape index (κ1) is 12.9. The Bertz CT molecular complexity index is 680. The monoisotopic (exact) mass is 273 g/mol. The predicted octanol–water partition coefficient (Wildman–Crippen LogP) is 3.05. The highest BCUT2D eigenvalue weighted by Gasteiger charge is 2.09. The maximum atomic E-state index is 11.0. The molecule has 1 heterocycles. The Kier molecular flexibility index (Phi) is 3.64. The zero-order chi connectivity index (χ0) is 13.8. The molecular weight excluding hydrogens is 266 g/mol. The normalized spacial score (nSPS) is 9.68. The third-order valence-electron chi connectivity index (χ3n) is 2.36. The Labute approximate surface area is 114 Å². The molecule has 0 aliphatic heterocycles. The Morgan fingerprint density at radius 2 is 2.05 bits per heavy atom. The number of hydrogen-bond acceptors (Lipinski definition) is 4. The SMILES string of the molecule is N#Cc1cc(Nc2ccc(Cl)c(C(=O)O)c2)ccn1. The molecule has 0 saturated heterocycles. The van der Waals surface area contributed by atoms with Crippen LogP contribution in [0, 0.1) is 11.3 Å². The van der Waals surface area contributed by atoms with Gasteiger partial charge < -0.3 is 10.4 Å². The van der Waals surface area contributed by atoms with Crippen molar-refractivity contribution in [2.75, 3.05) is 5.32 Å². The number of aromatic nitrogens is 1. The fourth-order valence-corrected chi connectivity index (χ4v) is 1.70. The molecule has 0 atom stereocenters. The van der Waals surface area contributed by atoms with E-state index in [1.807, 2.05) is 6.07 Å². The summed E-state index contributed by atoms with van der Waals surface area (Å²) < 4.78 is 0. The minimum absolute atomic E-state index is 0.0150. The van der Waals surface area contributed by atoms with Crippen molar-refractivity contribution < 1.29 is 9.90 Å². The first-order valence-corrected chi connectivity index (χ1v) is 5.64. The number of nitriles is 1. The van der Waals surface area contributed by atoms with E-state index in [1.165, 1.54) is 18.3 Å². The average Bonchev–Trinajstić information content (AvgIpc) is 2.41. The Hall–Kier alpha value is -2.58. The molecule has 0 bridgehead atoms. The van der Waals surface area contributed by atoms with Crippen molar-refractivity contribution in [3.05, 3.63) is 52.8 Å². The molecule has 0 radical (unpaired) electrons. The number of rotatable bonds is 3. The van der Waals surface area contributed by atoms with E-state index in [9.17, 15) is 4.79 Å². The highest BCUT2D eigenvalue weighted by molar-refractivity contribution is 6.33. The zero-order valence-corrected chi connectivity index (χ0v) is 10.3. The summed E-state index contributed by atoms with van der Waals surface area (Å²) in [7, 11) is 0. The molecule has 0 aliphatic carbocycles. The molecule has 1 aromatic heterocycles. The fourth-order valence-electron chi connectivity index (χ4n) is 1.50. The molecule has 0 spiro atoms. The number of anilines is 2. The molecule has 2 aromatic rings. The van der Waals surface area contributed by atoms with Gasteiger partial charge in [0.1, 0.15) is 11.8 Å². The summed E-state index contributed by atoms with van der Waals surface area (Å²) in [4.78, 5) is 14.8. The molecule has 0 unspecified atom stereocenters. The second-order valence-electron chi connectivity index (χ2n) is 3.67. The molecule has 19 heavy (non-hydrogen) atoms. The van der Waals surface area contributed by atoms with Crippen LogP contribution in [0.2, 0.25) is 5.02 Å². The first-order chi connectivity index (χ1) is 9.10. The van der Waals surface area contributed by atoms with Crippen LogP contribution in [0.4, 0.5) is 11.4 Å². The van der Waals surface area contributed by atoms with Gasteiger partial charge in [0.25, 0.3) is 0 Å². The number of carboxylic acid groups (broad SMARTS) is 1. The number of carboxylic acids is 1. The highest BCUT2D eigenvalue weighted by atomic mass is 35.5. The van der Waals surface area contributed by atoms with E-state index in [0.717, 1.165) is 0 Å². The molecule has 1 aromatic carbocycles. The molecule has 2 rings (SSSR count). The maximum Gasteiger partial charge on any atom is 0.337 e. The van der Waals surface area contributed by atoms with Crippen LogP contribution < -0.4 is 5.32 Å². The number of carbonyl (C=O) groups is 1. The van der Waals surface area contributed by atoms with Crippen molar-refractivity contribution in [3.63, 3.8) is 0 Å². The van der Waals surface area contributed by atoms with Gasteiger partial charge in [-0.15, -0.1) is 0 Å². The number of nitrogens with zero attached hydrogens (tertiary/aromatic N) is 2. The van der Waals surface area contributed by atoms with Crippen LogP contribution in [0.3, 0.4) is 0 Å². The minimum atomic E-state index is -1.10. The van der Waals surface area contributed by atoms with Crippen LogP contribution in [-0.4, -0.2) is 16.1 Å². The lowest BCUT2D eigenvalue weighted by atomic mass is 10.2. The molecule has 5 nitrogen and oxygen atoms in total. The number of pyridine rings is 1. The van der Waals surface area contributed by atoms with Crippen molar-refractivity contribution in [3.8, 4) is 6.07 Å². The smallest absolute Gasteiger partial charge is 0.337 e. The summed E-state index contributed by atoms with van der Waals surface area (Å²) >= 11 is 5.78. The van der Waals surface area contributed by atoms with Crippen LogP contribution in [-0.2, 0) is 0 Å². The van der Waals surface area contributed by atoms with E-state index in [1.54, 1.807) is 18.2 Å². The van der Waals surface area contributed by atoms with Gasteiger partial charge in [-0.1, -0.05) is 11.6 Å². The molecule has 6 heteroatoms. The standard InChI is InChI=1S/C13H8ClN3O2/c14-12-2-1-8(6-11(12)13(18)19)17-9-3-4-16-10(5-9)7-15/h1-6H,(H,16,17)(H,18,19). The fraction of sp³-hybridized carbons (Fsp3) is 0. The maximum absolute atomic E-state index is 11.0. The van der Waals surface area contributed by atoms with E-state index in [2.05, 4.69) is 10.3 Å². The van der Waals surface area contributed by atoms with Crippen LogP contribution in [0.15, 0.2) is 36.5 Å². The van der Waals surface area contributed by atoms with Gasteiger partial charge in [-0.3, -0.25) is 0 Å². The molecule has 2 N–H and O–H groups in total. The van der Waals surface area contributed by atoms with Crippen molar-refractivity contribution >= 4 is 28.9 Å². The first-order valence-electron chi connectivity index (χ1n) is 5.26. The molecule has 0 fully saturated rings. The van der Waals surface area contributed by atoms with Crippen molar-refractivity contribution in [1.82, 2.24) is 4.98 Å². The van der Waals surface area contributed by atoms with Gasteiger partial charge in [0.15, 0.2) is 0 Å². The largest absolute Gasteiger partial charge is 0.478 e. The van der Waals surface area contributed by atoms with Crippen LogP contribution in [0.1, 0.15) is 16.1 Å². The molecule has 0 saturated carbocycles. The topological polar surface area (TPSA) is 86.0 Å². The van der Waals surface area contributed by atoms with Gasteiger partial charge in [-0.2, -0.15) is 5.26 Å². The average molecular weight is 274 g/mol. The second-order valence-corrected chi connectivity index (χ2v) is 4.07. The van der Waals surface area contributed by atoms with E-state index in [0.29, 0.717) is 11.4 Å². The summed E-state index contributed by atoms with van der Waals surface area (Å²) in [5, 5.41) is 20.9. The Balaban J connectivity index is 2.31. The van der Waals surface area contributed by atoms with Gasteiger partial charge in [0.2, 0.25) is 0 Å². The number of aromatic carboxylic acids is 1. The van der Waals surface area contributed by atoms with Gasteiger partial charge in [0, 0.05) is 17.6 Å². The molecular formula is C13H8ClN3O2. The lowest BCUT2D eigenvalue weighted by Gasteiger charge is -2.08. The van der Waals surface area contributed by atoms with Crippen LogP contribution in [0.5, 0.6) is 0 Å². The number of benzene rings is 1. The lowest BCUT2D eigenvalue weighted by molar-refractivity contribution is 0.0697. The Morgan fingerprint density at radius 3 is 2.74 bits per heavy atom. The number of nitrogens with one attached hydrogen (secondary N) is 1. The third kappa shape index (κ3) is 3.00. The van der Waals surface area contributed by atoms with E-state index in [4.69, 9.17) is 22.0 Å². The summed E-state index contributed by atoms with van der Waals surface area (Å²) in [5.41, 5.74) is 1.50. The van der Waals surface area contributed by atoms with Crippen LogP contribution >= 0.6 is 11.6 Å². The van der Waals surface area contributed by atoms with Gasteiger partial charge in [-0.05, 0) is 30.3 Å². The van der Waals surface area contributed by atoms with Crippen molar-refractivity contribution in [2.24, 2.45) is 0 Å². The van der Waals surface area contributed by atoms with E-state index < -0.39 is 5.97 Å². The lowest BCUT2D eigenvalue weighted by Crippen LogP contribution is -1.99. The van der Waals surface area contributed by atoms with E-state index in [-0.39, 0.29) is 16.3 Å². The summed E-state index contributed by atoms with van der Waals surface area (Å²) in [6.45, 7) is 0. The zero-order valence-electron chi connectivity index (χ0n) is 9.59. The van der Waals surface area contributed by atoms with Crippen molar-refractivity contribution in [2.45, 2.75) is 0 Å². The quantitative estimate of drug-likeness (QED) is 0.897. The van der Waals surface area contributed by atoms with Gasteiger partial charge in [0.05, 0.1) is 10.6 Å². The summed E-state index contributed by atoms with van der Waals surface area (Å²) in [5.74, 6) is -1.10. The number of halogens is 1.